The molecule has 0 spiro atoms. The summed E-state index contributed by atoms with van der Waals surface area (Å²) in [5.41, 5.74) is 1.31. The molecule has 1 fully saturated rings. The van der Waals surface area contributed by atoms with E-state index in [0.29, 0.717) is 11.4 Å². The first kappa shape index (κ1) is 15.6. The Hall–Kier alpha value is -2.30. The van der Waals surface area contributed by atoms with Gasteiger partial charge in [-0.3, -0.25) is 4.79 Å². The van der Waals surface area contributed by atoms with Crippen molar-refractivity contribution in [1.29, 1.82) is 0 Å². The van der Waals surface area contributed by atoms with Crippen LogP contribution in [0.3, 0.4) is 0 Å². The van der Waals surface area contributed by atoms with Gasteiger partial charge in [-0.25, -0.2) is 4.68 Å². The fourth-order valence-electron chi connectivity index (χ4n) is 2.97. The molecular formula is C18H23N3O2. The Labute approximate surface area is 136 Å². The number of rotatable bonds is 3. The minimum atomic E-state index is -0.0292. The molecule has 23 heavy (non-hydrogen) atoms. The number of benzene rings is 1. The number of aromatic nitrogens is 2. The van der Waals surface area contributed by atoms with E-state index in [1.807, 2.05) is 35.2 Å². The Morgan fingerprint density at radius 2 is 1.70 bits per heavy atom. The number of methoxy groups -OCH3 is 1. The van der Waals surface area contributed by atoms with Crippen molar-refractivity contribution in [3.8, 4) is 11.4 Å². The summed E-state index contributed by atoms with van der Waals surface area (Å²) in [6.45, 7) is 1.61. The third kappa shape index (κ3) is 3.55. The highest BCUT2D eigenvalue weighted by Crippen LogP contribution is 2.22. The minimum absolute atomic E-state index is 0.0292. The van der Waals surface area contributed by atoms with E-state index in [2.05, 4.69) is 5.10 Å². The molecule has 5 nitrogen and oxygen atoms in total. The van der Waals surface area contributed by atoms with Gasteiger partial charge in [0.05, 0.1) is 19.0 Å². The van der Waals surface area contributed by atoms with Crippen molar-refractivity contribution in [2.75, 3.05) is 20.2 Å². The van der Waals surface area contributed by atoms with E-state index >= 15 is 0 Å². The minimum Gasteiger partial charge on any atom is -0.493 e. The number of ether oxygens (including phenoxy) is 1. The molecule has 0 atom stereocenters. The Morgan fingerprint density at radius 1 is 1.04 bits per heavy atom. The van der Waals surface area contributed by atoms with Crippen LogP contribution in [0, 0.1) is 0 Å². The summed E-state index contributed by atoms with van der Waals surface area (Å²) in [6.07, 6.45) is 7.56. The molecule has 2 heterocycles. The number of hydrogen-bond donors (Lipinski definition) is 0. The molecule has 1 aromatic heterocycles. The van der Waals surface area contributed by atoms with Gasteiger partial charge in [-0.1, -0.05) is 37.5 Å². The summed E-state index contributed by atoms with van der Waals surface area (Å²) < 4.78 is 7.09. The van der Waals surface area contributed by atoms with Gasteiger partial charge in [-0.15, -0.1) is 0 Å². The molecule has 0 radical (unpaired) electrons. The molecule has 122 valence electrons. The molecule has 3 rings (SSSR count). The summed E-state index contributed by atoms with van der Waals surface area (Å²) in [6, 6.07) is 9.76. The molecule has 5 heteroatoms. The van der Waals surface area contributed by atoms with Gasteiger partial charge in [0.2, 0.25) is 0 Å². The lowest BCUT2D eigenvalue weighted by Crippen LogP contribution is -2.34. The molecule has 2 aromatic rings. The summed E-state index contributed by atoms with van der Waals surface area (Å²) >= 11 is 0. The molecule has 0 N–H and O–H groups in total. The lowest BCUT2D eigenvalue weighted by atomic mass is 10.1. The third-order valence-electron chi connectivity index (χ3n) is 4.27. The fourth-order valence-corrected chi connectivity index (χ4v) is 2.97. The predicted molar refractivity (Wildman–Crippen MR) is 89.1 cm³/mol. The van der Waals surface area contributed by atoms with Crippen LogP contribution in [-0.4, -0.2) is 40.8 Å². The standard InChI is InChI=1S/C18H23N3O2/c1-23-16-14-21(15-10-6-5-7-11-15)19-17(16)18(22)20-12-8-3-2-4-9-13-20/h5-7,10-11,14H,2-4,8-9,12-13H2,1H3. The van der Waals surface area contributed by atoms with E-state index in [9.17, 15) is 4.79 Å². The Kier molecular flexibility index (Phi) is 4.95. The lowest BCUT2D eigenvalue weighted by molar-refractivity contribution is 0.0732. The van der Waals surface area contributed by atoms with E-state index in [0.717, 1.165) is 31.6 Å². The Balaban J connectivity index is 1.86. The van der Waals surface area contributed by atoms with Crippen LogP contribution in [0.15, 0.2) is 36.5 Å². The maximum atomic E-state index is 12.9. The Bertz CT molecular complexity index is 644. The average molecular weight is 313 g/mol. The normalized spacial score (nSPS) is 15.8. The number of para-hydroxylation sites is 1. The topological polar surface area (TPSA) is 47.4 Å². The quantitative estimate of drug-likeness (QED) is 0.873. The molecule has 1 aliphatic heterocycles. The van der Waals surface area contributed by atoms with E-state index in [1.165, 1.54) is 19.3 Å². The van der Waals surface area contributed by atoms with Crippen molar-refractivity contribution in [1.82, 2.24) is 14.7 Å². The maximum Gasteiger partial charge on any atom is 0.278 e. The SMILES string of the molecule is COc1cn(-c2ccccc2)nc1C(=O)N1CCCCCCC1. The van der Waals surface area contributed by atoms with Gasteiger partial charge in [0.25, 0.3) is 5.91 Å². The van der Waals surface area contributed by atoms with Crippen molar-refractivity contribution in [2.24, 2.45) is 0 Å². The summed E-state index contributed by atoms with van der Waals surface area (Å²) in [5.74, 6) is 0.499. The van der Waals surface area contributed by atoms with Crippen LogP contribution in [0.5, 0.6) is 5.75 Å². The van der Waals surface area contributed by atoms with Gasteiger partial charge >= 0.3 is 0 Å². The van der Waals surface area contributed by atoms with E-state index in [-0.39, 0.29) is 5.91 Å². The molecule has 0 saturated carbocycles. The third-order valence-corrected chi connectivity index (χ3v) is 4.27. The van der Waals surface area contributed by atoms with Crippen LogP contribution in [0.2, 0.25) is 0 Å². The smallest absolute Gasteiger partial charge is 0.278 e. The maximum absolute atomic E-state index is 12.9. The van der Waals surface area contributed by atoms with Gasteiger partial charge in [0.1, 0.15) is 0 Å². The van der Waals surface area contributed by atoms with Gasteiger partial charge in [0.15, 0.2) is 11.4 Å². The lowest BCUT2D eigenvalue weighted by Gasteiger charge is -2.24. The molecule has 0 aliphatic carbocycles. The molecule has 1 aliphatic rings. The van der Waals surface area contributed by atoms with Crippen LogP contribution in [0.25, 0.3) is 5.69 Å². The van der Waals surface area contributed by atoms with E-state index in [4.69, 9.17) is 4.74 Å². The zero-order valence-electron chi connectivity index (χ0n) is 13.6. The second-order valence-corrected chi connectivity index (χ2v) is 5.89. The van der Waals surface area contributed by atoms with Crippen LogP contribution >= 0.6 is 0 Å². The molecule has 0 bridgehead atoms. The fraction of sp³-hybridized carbons (Fsp3) is 0.444. The number of amides is 1. The summed E-state index contributed by atoms with van der Waals surface area (Å²) in [4.78, 5) is 14.8. The monoisotopic (exact) mass is 313 g/mol. The Morgan fingerprint density at radius 3 is 2.35 bits per heavy atom. The second kappa shape index (κ2) is 7.31. The van der Waals surface area contributed by atoms with E-state index in [1.54, 1.807) is 18.0 Å². The van der Waals surface area contributed by atoms with Crippen molar-refractivity contribution in [2.45, 2.75) is 32.1 Å². The van der Waals surface area contributed by atoms with Crippen LogP contribution in [-0.2, 0) is 0 Å². The zero-order valence-corrected chi connectivity index (χ0v) is 13.6. The van der Waals surface area contributed by atoms with Gasteiger partial charge in [-0.05, 0) is 25.0 Å². The number of likely N-dealkylation sites (tertiary alicyclic amines) is 1. The zero-order chi connectivity index (χ0) is 16.1. The van der Waals surface area contributed by atoms with Crippen LogP contribution < -0.4 is 4.74 Å². The van der Waals surface area contributed by atoms with Crippen LogP contribution in [0.4, 0.5) is 0 Å². The molecule has 0 unspecified atom stereocenters. The van der Waals surface area contributed by atoms with Crippen molar-refractivity contribution >= 4 is 5.91 Å². The van der Waals surface area contributed by atoms with Crippen LogP contribution in [0.1, 0.15) is 42.6 Å². The van der Waals surface area contributed by atoms with Gasteiger partial charge in [-0.2, -0.15) is 5.10 Å². The molecule has 1 amide bonds. The predicted octanol–water partition coefficient (Wildman–Crippen LogP) is 3.29. The first-order valence-corrected chi connectivity index (χ1v) is 8.28. The van der Waals surface area contributed by atoms with Crippen molar-refractivity contribution in [3.63, 3.8) is 0 Å². The van der Waals surface area contributed by atoms with Crippen molar-refractivity contribution < 1.29 is 9.53 Å². The number of hydrogen-bond acceptors (Lipinski definition) is 3. The number of nitrogens with zero attached hydrogens (tertiary/aromatic N) is 3. The number of carbonyl (C=O) groups is 1. The first-order valence-electron chi connectivity index (χ1n) is 8.28. The molecule has 1 aromatic carbocycles. The second-order valence-electron chi connectivity index (χ2n) is 5.89. The number of carbonyl (C=O) groups excluding carboxylic acids is 1. The highest BCUT2D eigenvalue weighted by Gasteiger charge is 2.24. The molecular weight excluding hydrogens is 290 g/mol. The highest BCUT2D eigenvalue weighted by atomic mass is 16.5. The van der Waals surface area contributed by atoms with E-state index < -0.39 is 0 Å². The summed E-state index contributed by atoms with van der Waals surface area (Å²) in [7, 11) is 1.58. The largest absolute Gasteiger partial charge is 0.493 e. The van der Waals surface area contributed by atoms with Gasteiger partial charge in [0, 0.05) is 13.1 Å². The highest BCUT2D eigenvalue weighted by molar-refractivity contribution is 5.95. The average Bonchev–Trinajstić information content (AvgIpc) is 2.99. The van der Waals surface area contributed by atoms with Gasteiger partial charge < -0.3 is 9.64 Å². The molecule has 1 saturated heterocycles. The first-order chi connectivity index (χ1) is 11.3. The summed E-state index contributed by atoms with van der Waals surface area (Å²) in [5, 5.41) is 4.48. The van der Waals surface area contributed by atoms with Crippen molar-refractivity contribution in [3.05, 3.63) is 42.2 Å².